The minimum Gasteiger partial charge on any atom is -0.364 e. The SMILES string of the molecule is N#C/C(=N\Nc1cccc(C#N)c1)C(N)=O. The van der Waals surface area contributed by atoms with Crippen molar-refractivity contribution in [2.24, 2.45) is 10.8 Å². The van der Waals surface area contributed by atoms with E-state index in [1.54, 1.807) is 24.3 Å². The van der Waals surface area contributed by atoms with E-state index in [1.165, 1.54) is 6.07 Å². The fraction of sp³-hybridized carbons (Fsp3) is 0. The van der Waals surface area contributed by atoms with Gasteiger partial charge in [-0.1, -0.05) is 6.07 Å². The Labute approximate surface area is 91.6 Å². The van der Waals surface area contributed by atoms with Crippen molar-refractivity contribution in [2.75, 3.05) is 5.43 Å². The van der Waals surface area contributed by atoms with Crippen LogP contribution in [-0.4, -0.2) is 11.6 Å². The van der Waals surface area contributed by atoms with Gasteiger partial charge in [0.15, 0.2) is 0 Å². The first kappa shape index (κ1) is 11.2. The van der Waals surface area contributed by atoms with Crippen LogP contribution in [0.4, 0.5) is 5.69 Å². The second-order valence-electron chi connectivity index (χ2n) is 2.74. The van der Waals surface area contributed by atoms with Gasteiger partial charge in [0, 0.05) is 0 Å². The van der Waals surface area contributed by atoms with Gasteiger partial charge in [-0.3, -0.25) is 10.2 Å². The zero-order chi connectivity index (χ0) is 12.0. The van der Waals surface area contributed by atoms with Crippen molar-refractivity contribution < 1.29 is 4.79 Å². The number of carbonyl (C=O) groups is 1. The van der Waals surface area contributed by atoms with Crippen LogP contribution >= 0.6 is 0 Å². The number of hydrazone groups is 1. The van der Waals surface area contributed by atoms with E-state index >= 15 is 0 Å². The number of nitrogens with zero attached hydrogens (tertiary/aromatic N) is 3. The second kappa shape index (κ2) is 5.13. The van der Waals surface area contributed by atoms with Gasteiger partial charge in [0.1, 0.15) is 6.07 Å². The van der Waals surface area contributed by atoms with Gasteiger partial charge >= 0.3 is 0 Å². The molecule has 1 aromatic rings. The molecule has 0 aliphatic heterocycles. The summed E-state index contributed by atoms with van der Waals surface area (Å²) < 4.78 is 0. The lowest BCUT2D eigenvalue weighted by molar-refractivity contribution is -0.111. The number of nitriles is 2. The van der Waals surface area contributed by atoms with Crippen molar-refractivity contribution in [3.05, 3.63) is 29.8 Å². The third-order valence-electron chi connectivity index (χ3n) is 1.63. The first-order valence-electron chi connectivity index (χ1n) is 4.21. The average molecular weight is 213 g/mol. The number of nitrogens with one attached hydrogen (secondary N) is 1. The van der Waals surface area contributed by atoms with Crippen molar-refractivity contribution in [3.63, 3.8) is 0 Å². The zero-order valence-corrected chi connectivity index (χ0v) is 8.14. The minimum absolute atomic E-state index is 0.428. The maximum absolute atomic E-state index is 10.7. The maximum Gasteiger partial charge on any atom is 0.280 e. The first-order valence-corrected chi connectivity index (χ1v) is 4.21. The molecule has 0 spiro atoms. The number of carbonyl (C=O) groups excluding carboxylic acids is 1. The Morgan fingerprint density at radius 1 is 1.44 bits per heavy atom. The summed E-state index contributed by atoms with van der Waals surface area (Å²) in [4.78, 5) is 10.7. The van der Waals surface area contributed by atoms with E-state index in [0.717, 1.165) is 0 Å². The van der Waals surface area contributed by atoms with E-state index in [9.17, 15) is 4.79 Å². The number of benzene rings is 1. The summed E-state index contributed by atoms with van der Waals surface area (Å²) in [6.45, 7) is 0. The molecule has 6 heteroatoms. The number of hydrogen-bond donors (Lipinski definition) is 2. The van der Waals surface area contributed by atoms with Gasteiger partial charge in [-0.25, -0.2) is 0 Å². The average Bonchev–Trinajstić information content (AvgIpc) is 2.29. The highest BCUT2D eigenvalue weighted by atomic mass is 16.1. The molecule has 0 unspecified atom stereocenters. The molecule has 1 aromatic carbocycles. The fourth-order valence-electron chi connectivity index (χ4n) is 0.914. The number of hydrogen-bond acceptors (Lipinski definition) is 5. The van der Waals surface area contributed by atoms with Crippen LogP contribution in [0, 0.1) is 22.7 Å². The van der Waals surface area contributed by atoms with Crippen LogP contribution in [0.2, 0.25) is 0 Å². The van der Waals surface area contributed by atoms with E-state index in [1.807, 2.05) is 6.07 Å². The Hall–Kier alpha value is -2.86. The van der Waals surface area contributed by atoms with Crippen LogP contribution in [0.5, 0.6) is 0 Å². The summed E-state index contributed by atoms with van der Waals surface area (Å²) in [7, 11) is 0. The van der Waals surface area contributed by atoms with Crippen molar-refractivity contribution in [1.29, 1.82) is 10.5 Å². The quantitative estimate of drug-likeness (QED) is 0.556. The molecule has 0 heterocycles. The number of anilines is 1. The summed E-state index contributed by atoms with van der Waals surface area (Å²) in [6.07, 6.45) is 0. The van der Waals surface area contributed by atoms with E-state index in [0.29, 0.717) is 11.3 Å². The van der Waals surface area contributed by atoms with Crippen molar-refractivity contribution in [2.45, 2.75) is 0 Å². The van der Waals surface area contributed by atoms with E-state index in [-0.39, 0.29) is 0 Å². The van der Waals surface area contributed by atoms with E-state index < -0.39 is 11.6 Å². The van der Waals surface area contributed by atoms with Crippen LogP contribution in [0.15, 0.2) is 29.4 Å². The molecule has 0 aliphatic rings. The third-order valence-corrected chi connectivity index (χ3v) is 1.63. The second-order valence-corrected chi connectivity index (χ2v) is 2.74. The number of amides is 1. The lowest BCUT2D eigenvalue weighted by Crippen LogP contribution is -2.22. The molecule has 1 rings (SSSR count). The molecule has 78 valence electrons. The normalized spacial score (nSPS) is 10.0. The van der Waals surface area contributed by atoms with Crippen molar-refractivity contribution >= 4 is 17.3 Å². The molecule has 0 saturated heterocycles. The van der Waals surface area contributed by atoms with Crippen molar-refractivity contribution in [3.8, 4) is 12.1 Å². The number of primary amides is 1. The molecule has 0 bridgehead atoms. The fourth-order valence-corrected chi connectivity index (χ4v) is 0.914. The summed E-state index contributed by atoms with van der Waals surface area (Å²) in [5.74, 6) is -0.911. The lowest BCUT2D eigenvalue weighted by Gasteiger charge is -1.99. The lowest BCUT2D eigenvalue weighted by atomic mass is 10.2. The van der Waals surface area contributed by atoms with Crippen LogP contribution in [-0.2, 0) is 4.79 Å². The van der Waals surface area contributed by atoms with Crippen molar-refractivity contribution in [1.82, 2.24) is 0 Å². The Morgan fingerprint density at radius 3 is 2.75 bits per heavy atom. The van der Waals surface area contributed by atoms with E-state index in [4.69, 9.17) is 16.3 Å². The Kier molecular flexibility index (Phi) is 3.59. The zero-order valence-electron chi connectivity index (χ0n) is 8.14. The Morgan fingerprint density at radius 2 is 2.19 bits per heavy atom. The van der Waals surface area contributed by atoms with E-state index in [2.05, 4.69) is 10.5 Å². The van der Waals surface area contributed by atoms with Crippen LogP contribution in [0.1, 0.15) is 5.56 Å². The Bertz CT molecular complexity index is 521. The molecule has 16 heavy (non-hydrogen) atoms. The van der Waals surface area contributed by atoms with Gasteiger partial charge in [-0.15, -0.1) is 0 Å². The van der Waals surface area contributed by atoms with Crippen LogP contribution in [0.3, 0.4) is 0 Å². The molecule has 0 fully saturated rings. The van der Waals surface area contributed by atoms with Gasteiger partial charge in [-0.05, 0) is 18.2 Å². The molecular weight excluding hydrogens is 206 g/mol. The molecule has 3 N–H and O–H groups in total. The van der Waals surface area contributed by atoms with Gasteiger partial charge in [-0.2, -0.15) is 15.6 Å². The summed E-state index contributed by atoms with van der Waals surface area (Å²) in [5.41, 5.74) is 7.86. The maximum atomic E-state index is 10.7. The first-order chi connectivity index (χ1) is 7.67. The number of nitrogens with two attached hydrogens (primary N) is 1. The highest BCUT2D eigenvalue weighted by Gasteiger charge is 2.04. The van der Waals surface area contributed by atoms with Gasteiger partial charge in [0.25, 0.3) is 5.91 Å². The standard InChI is InChI=1S/C10H7N5O/c11-5-7-2-1-3-8(4-7)14-15-9(6-12)10(13)16/h1-4,14H,(H2,13,16)/b15-9+. The van der Waals surface area contributed by atoms with Gasteiger partial charge in [0.2, 0.25) is 5.71 Å². The topological polar surface area (TPSA) is 115 Å². The molecule has 1 amide bonds. The molecule has 0 aromatic heterocycles. The molecule has 0 atom stereocenters. The summed E-state index contributed by atoms with van der Waals surface area (Å²) in [6, 6.07) is 9.93. The summed E-state index contributed by atoms with van der Waals surface area (Å²) >= 11 is 0. The summed E-state index contributed by atoms with van der Waals surface area (Å²) in [5, 5.41) is 20.6. The largest absolute Gasteiger partial charge is 0.364 e. The van der Waals surface area contributed by atoms with Crippen LogP contribution < -0.4 is 11.2 Å². The highest BCUT2D eigenvalue weighted by molar-refractivity contribution is 6.44. The minimum atomic E-state index is -0.911. The molecular formula is C10H7N5O. The Balaban J connectivity index is 2.86. The molecule has 0 saturated carbocycles. The smallest absolute Gasteiger partial charge is 0.280 e. The number of rotatable bonds is 3. The van der Waals surface area contributed by atoms with Gasteiger partial charge in [0.05, 0.1) is 17.3 Å². The molecule has 0 aliphatic carbocycles. The van der Waals surface area contributed by atoms with Gasteiger partial charge < -0.3 is 5.73 Å². The monoisotopic (exact) mass is 213 g/mol. The van der Waals surface area contributed by atoms with Crippen LogP contribution in [0.25, 0.3) is 0 Å². The predicted octanol–water partition coefficient (Wildman–Crippen LogP) is 0.335. The predicted molar refractivity (Wildman–Crippen MR) is 57.0 cm³/mol. The molecule has 6 nitrogen and oxygen atoms in total. The highest BCUT2D eigenvalue weighted by Crippen LogP contribution is 2.09. The molecule has 0 radical (unpaired) electrons. The third kappa shape index (κ3) is 2.82.